The summed E-state index contributed by atoms with van der Waals surface area (Å²) in [7, 11) is 0. The molecule has 1 heterocycles. The van der Waals surface area contributed by atoms with Crippen molar-refractivity contribution >= 4 is 29.2 Å². The number of fused-ring (bicyclic) bond motifs is 1. The molecule has 0 saturated heterocycles. The van der Waals surface area contributed by atoms with Crippen LogP contribution in [0.1, 0.15) is 31.2 Å². The number of aromatic amines is 1. The maximum atomic E-state index is 11.7. The Hall–Kier alpha value is -1.62. The van der Waals surface area contributed by atoms with E-state index in [-0.39, 0.29) is 5.91 Å². The molecule has 1 aliphatic carbocycles. The van der Waals surface area contributed by atoms with Crippen LogP contribution in [0.25, 0.3) is 11.0 Å². The molecule has 0 aliphatic heterocycles. The van der Waals surface area contributed by atoms with Crippen LogP contribution in [0.2, 0.25) is 0 Å². The van der Waals surface area contributed by atoms with Crippen LogP contribution >= 0.6 is 12.2 Å². The Bertz CT molecular complexity index is 697. The molecule has 1 fully saturated rings. The fourth-order valence-corrected chi connectivity index (χ4v) is 2.71. The lowest BCUT2D eigenvalue weighted by molar-refractivity contribution is -0.121. The minimum absolute atomic E-state index is 0.162. The largest absolute Gasteiger partial charge is 0.353 e. The van der Waals surface area contributed by atoms with E-state index in [0.717, 1.165) is 41.6 Å². The fourth-order valence-electron chi connectivity index (χ4n) is 2.41. The van der Waals surface area contributed by atoms with Crippen LogP contribution in [-0.4, -0.2) is 21.5 Å². The lowest BCUT2D eigenvalue weighted by atomic mass is 10.2. The molecule has 3 rings (SSSR count). The van der Waals surface area contributed by atoms with Crippen molar-refractivity contribution in [3.8, 4) is 0 Å². The van der Waals surface area contributed by atoms with Crippen molar-refractivity contribution in [2.24, 2.45) is 0 Å². The zero-order valence-electron chi connectivity index (χ0n) is 11.6. The van der Waals surface area contributed by atoms with Gasteiger partial charge in [0.1, 0.15) is 0 Å². The van der Waals surface area contributed by atoms with Crippen LogP contribution in [0, 0.1) is 11.7 Å². The number of carbonyl (C=O) groups excluding carboxylic acids is 1. The molecule has 2 aromatic rings. The van der Waals surface area contributed by atoms with Gasteiger partial charge in [-0.2, -0.15) is 0 Å². The number of imidazole rings is 1. The molecule has 0 unspecified atom stereocenters. The second kappa shape index (κ2) is 5.40. The molecule has 0 spiro atoms. The topological polar surface area (TPSA) is 49.8 Å². The molecule has 1 saturated carbocycles. The number of H-pyrrole nitrogens is 1. The highest BCUT2D eigenvalue weighted by atomic mass is 32.1. The third-order valence-electron chi connectivity index (χ3n) is 3.66. The summed E-state index contributed by atoms with van der Waals surface area (Å²) >= 11 is 5.36. The number of aromatic nitrogens is 2. The van der Waals surface area contributed by atoms with E-state index < -0.39 is 0 Å². The van der Waals surface area contributed by atoms with Gasteiger partial charge < -0.3 is 14.9 Å². The van der Waals surface area contributed by atoms with Crippen LogP contribution < -0.4 is 5.32 Å². The number of nitrogens with one attached hydrogen (secondary N) is 2. The molecule has 5 heteroatoms. The summed E-state index contributed by atoms with van der Waals surface area (Å²) in [5.41, 5.74) is 3.40. The van der Waals surface area contributed by atoms with E-state index in [4.69, 9.17) is 12.2 Å². The Labute approximate surface area is 123 Å². The summed E-state index contributed by atoms with van der Waals surface area (Å²) in [5.74, 6) is 0.162. The number of hydrogen-bond acceptors (Lipinski definition) is 2. The monoisotopic (exact) mass is 289 g/mol. The number of carbonyl (C=O) groups is 1. The van der Waals surface area contributed by atoms with E-state index >= 15 is 0 Å². The molecule has 1 aliphatic rings. The van der Waals surface area contributed by atoms with E-state index in [2.05, 4.69) is 40.0 Å². The standard InChI is InChI=1S/C15H19N3OS/c1-10-4-7-12-13(9-10)18(15(20)17-12)8-2-3-14(19)16-11-5-6-11/h4,7,9,11H,2-3,5-6,8H2,1H3,(H,16,19)(H,17,20). The smallest absolute Gasteiger partial charge is 0.220 e. The molecule has 20 heavy (non-hydrogen) atoms. The van der Waals surface area contributed by atoms with E-state index in [1.807, 2.05) is 0 Å². The fraction of sp³-hybridized carbons (Fsp3) is 0.467. The summed E-state index contributed by atoms with van der Waals surface area (Å²) in [6, 6.07) is 6.70. The van der Waals surface area contributed by atoms with Crippen molar-refractivity contribution < 1.29 is 4.79 Å². The Morgan fingerprint density at radius 3 is 3.05 bits per heavy atom. The molecule has 2 N–H and O–H groups in total. The van der Waals surface area contributed by atoms with Gasteiger partial charge in [-0.15, -0.1) is 0 Å². The first-order valence-electron chi connectivity index (χ1n) is 7.12. The summed E-state index contributed by atoms with van der Waals surface area (Å²) < 4.78 is 2.82. The molecule has 0 radical (unpaired) electrons. The molecule has 1 aromatic heterocycles. The minimum Gasteiger partial charge on any atom is -0.353 e. The minimum atomic E-state index is 0.162. The first-order chi connectivity index (χ1) is 9.63. The van der Waals surface area contributed by atoms with Crippen molar-refractivity contribution in [2.45, 2.75) is 45.2 Å². The van der Waals surface area contributed by atoms with Crippen molar-refractivity contribution in [1.82, 2.24) is 14.9 Å². The lowest BCUT2D eigenvalue weighted by Gasteiger charge is -2.06. The van der Waals surface area contributed by atoms with E-state index in [0.29, 0.717) is 12.5 Å². The molecule has 0 atom stereocenters. The number of nitrogens with zero attached hydrogens (tertiary/aromatic N) is 1. The molecule has 106 valence electrons. The third kappa shape index (κ3) is 2.93. The Balaban J connectivity index is 1.67. The van der Waals surface area contributed by atoms with Gasteiger partial charge in [0, 0.05) is 19.0 Å². The lowest BCUT2D eigenvalue weighted by Crippen LogP contribution is -2.25. The van der Waals surface area contributed by atoms with Gasteiger partial charge >= 0.3 is 0 Å². The van der Waals surface area contributed by atoms with Gasteiger partial charge in [0.2, 0.25) is 5.91 Å². The molecular weight excluding hydrogens is 270 g/mol. The zero-order valence-corrected chi connectivity index (χ0v) is 12.4. The van der Waals surface area contributed by atoms with Crippen molar-refractivity contribution in [3.05, 3.63) is 28.5 Å². The first-order valence-corrected chi connectivity index (χ1v) is 7.53. The van der Waals surface area contributed by atoms with Gasteiger partial charge in [0.05, 0.1) is 11.0 Å². The Kier molecular flexibility index (Phi) is 3.61. The normalized spacial score (nSPS) is 14.7. The number of benzene rings is 1. The second-order valence-electron chi connectivity index (χ2n) is 5.55. The van der Waals surface area contributed by atoms with Gasteiger partial charge in [0.15, 0.2) is 4.77 Å². The van der Waals surface area contributed by atoms with Crippen LogP contribution in [0.5, 0.6) is 0 Å². The molecule has 1 amide bonds. The number of hydrogen-bond donors (Lipinski definition) is 2. The quantitative estimate of drug-likeness (QED) is 0.831. The summed E-state index contributed by atoms with van der Waals surface area (Å²) in [4.78, 5) is 14.9. The predicted molar refractivity (Wildman–Crippen MR) is 82.3 cm³/mol. The summed E-state index contributed by atoms with van der Waals surface area (Å²) in [6.07, 6.45) is 3.65. The zero-order chi connectivity index (χ0) is 14.1. The highest BCUT2D eigenvalue weighted by Gasteiger charge is 2.22. The first kappa shape index (κ1) is 13.4. The average Bonchev–Trinajstić information content (AvgIpc) is 3.15. The maximum Gasteiger partial charge on any atom is 0.220 e. The maximum absolute atomic E-state index is 11.7. The summed E-state index contributed by atoms with van der Waals surface area (Å²) in [6.45, 7) is 2.85. The van der Waals surface area contributed by atoms with Crippen LogP contribution in [0.3, 0.4) is 0 Å². The van der Waals surface area contributed by atoms with Crippen LogP contribution in [0.15, 0.2) is 18.2 Å². The molecule has 0 bridgehead atoms. The van der Waals surface area contributed by atoms with Gasteiger partial charge in [0.25, 0.3) is 0 Å². The molecular formula is C15H19N3OS. The second-order valence-corrected chi connectivity index (χ2v) is 5.93. The van der Waals surface area contributed by atoms with Crippen LogP contribution in [-0.2, 0) is 11.3 Å². The van der Waals surface area contributed by atoms with Gasteiger partial charge in [-0.1, -0.05) is 6.07 Å². The average molecular weight is 289 g/mol. The number of rotatable bonds is 5. The van der Waals surface area contributed by atoms with Crippen molar-refractivity contribution in [3.63, 3.8) is 0 Å². The highest BCUT2D eigenvalue weighted by Crippen LogP contribution is 2.19. The van der Waals surface area contributed by atoms with E-state index in [1.165, 1.54) is 5.56 Å². The number of aryl methyl sites for hydroxylation is 2. The van der Waals surface area contributed by atoms with Gasteiger partial charge in [-0.3, -0.25) is 4.79 Å². The van der Waals surface area contributed by atoms with Gasteiger partial charge in [-0.05, 0) is 56.1 Å². The van der Waals surface area contributed by atoms with E-state index in [9.17, 15) is 4.79 Å². The van der Waals surface area contributed by atoms with Gasteiger partial charge in [-0.25, -0.2) is 0 Å². The number of amides is 1. The highest BCUT2D eigenvalue weighted by molar-refractivity contribution is 7.71. The molecule has 1 aromatic carbocycles. The van der Waals surface area contributed by atoms with Crippen molar-refractivity contribution in [2.75, 3.05) is 0 Å². The Morgan fingerprint density at radius 2 is 2.30 bits per heavy atom. The third-order valence-corrected chi connectivity index (χ3v) is 3.98. The molecule has 4 nitrogen and oxygen atoms in total. The predicted octanol–water partition coefficient (Wildman–Crippen LogP) is 3.07. The summed E-state index contributed by atoms with van der Waals surface area (Å²) in [5, 5.41) is 3.01. The van der Waals surface area contributed by atoms with E-state index in [1.54, 1.807) is 0 Å². The Morgan fingerprint density at radius 1 is 1.50 bits per heavy atom. The van der Waals surface area contributed by atoms with Crippen LogP contribution in [0.4, 0.5) is 0 Å². The van der Waals surface area contributed by atoms with Crippen molar-refractivity contribution in [1.29, 1.82) is 0 Å². The SMILES string of the molecule is Cc1ccc2[nH]c(=S)n(CCCC(=O)NC3CC3)c2c1.